The van der Waals surface area contributed by atoms with Crippen molar-refractivity contribution in [2.24, 2.45) is 5.41 Å². The van der Waals surface area contributed by atoms with Gasteiger partial charge in [-0.2, -0.15) is 0 Å². The molecule has 0 atom stereocenters. The van der Waals surface area contributed by atoms with E-state index < -0.39 is 5.41 Å². The first-order valence-electron chi connectivity index (χ1n) is 8.34. The van der Waals surface area contributed by atoms with Crippen LogP contribution in [-0.4, -0.2) is 25.5 Å². The summed E-state index contributed by atoms with van der Waals surface area (Å²) in [5, 5.41) is 3.50. The molecule has 0 saturated heterocycles. The van der Waals surface area contributed by atoms with Crippen LogP contribution in [0.3, 0.4) is 0 Å². The lowest BCUT2D eigenvalue weighted by Crippen LogP contribution is -2.36. The molecule has 0 aromatic heterocycles. The second kappa shape index (κ2) is 8.63. The highest BCUT2D eigenvalue weighted by molar-refractivity contribution is 6.36. The minimum absolute atomic E-state index is 0.00962. The smallest absolute Gasteiger partial charge is 0.262 e. The van der Waals surface area contributed by atoms with E-state index in [0.717, 1.165) is 5.69 Å². The highest BCUT2D eigenvalue weighted by Crippen LogP contribution is 2.26. The molecule has 0 spiro atoms. The number of hydrogen-bond donors (Lipinski definition) is 1. The van der Waals surface area contributed by atoms with Gasteiger partial charge in [0.2, 0.25) is 5.91 Å². The molecule has 0 aliphatic heterocycles. The van der Waals surface area contributed by atoms with Gasteiger partial charge in [0, 0.05) is 23.2 Å². The molecule has 0 fully saturated rings. The van der Waals surface area contributed by atoms with E-state index in [1.54, 1.807) is 54.4 Å². The summed E-state index contributed by atoms with van der Waals surface area (Å²) in [6.07, 6.45) is 0. The Morgan fingerprint density at radius 3 is 2.26 bits per heavy atom. The Morgan fingerprint density at radius 1 is 1.07 bits per heavy atom. The van der Waals surface area contributed by atoms with Crippen molar-refractivity contribution in [1.82, 2.24) is 0 Å². The molecule has 2 rings (SSSR count). The number of amides is 2. The summed E-state index contributed by atoms with van der Waals surface area (Å²) in [5.41, 5.74) is 0.748. The lowest BCUT2D eigenvalue weighted by molar-refractivity contribution is -0.125. The molecule has 2 aromatic rings. The van der Waals surface area contributed by atoms with Crippen LogP contribution in [0, 0.1) is 5.41 Å². The predicted molar refractivity (Wildman–Crippen MR) is 110 cm³/mol. The molecule has 0 saturated carbocycles. The van der Waals surface area contributed by atoms with Crippen LogP contribution >= 0.6 is 23.2 Å². The van der Waals surface area contributed by atoms with Gasteiger partial charge in [0.25, 0.3) is 5.91 Å². The maximum atomic E-state index is 12.3. The zero-order valence-electron chi connectivity index (χ0n) is 15.7. The molecule has 0 aliphatic rings. The Hall–Kier alpha value is -2.24. The third-order valence-corrected chi connectivity index (χ3v) is 4.29. The average Bonchev–Trinajstić information content (AvgIpc) is 2.61. The van der Waals surface area contributed by atoms with Gasteiger partial charge in [-0.05, 0) is 42.5 Å². The number of nitrogens with one attached hydrogen (secondary N) is 1. The first kappa shape index (κ1) is 21.1. The number of halogens is 2. The van der Waals surface area contributed by atoms with E-state index in [1.165, 1.54) is 0 Å². The molecule has 0 heterocycles. The predicted octanol–water partition coefficient (Wildman–Crippen LogP) is 5.02. The van der Waals surface area contributed by atoms with Crippen molar-refractivity contribution in [2.45, 2.75) is 20.8 Å². The van der Waals surface area contributed by atoms with E-state index in [1.807, 2.05) is 20.8 Å². The minimum Gasteiger partial charge on any atom is -0.484 e. The molecule has 144 valence electrons. The maximum Gasteiger partial charge on any atom is 0.262 e. The first-order chi connectivity index (χ1) is 12.6. The number of carbonyl (C=O) groups excluding carboxylic acids is 2. The topological polar surface area (TPSA) is 58.6 Å². The van der Waals surface area contributed by atoms with E-state index in [9.17, 15) is 9.59 Å². The van der Waals surface area contributed by atoms with Crippen molar-refractivity contribution in [3.05, 3.63) is 52.5 Å². The van der Waals surface area contributed by atoms with Crippen molar-refractivity contribution in [3.63, 3.8) is 0 Å². The Labute approximate surface area is 169 Å². The molecule has 1 N–H and O–H groups in total. The van der Waals surface area contributed by atoms with Gasteiger partial charge in [0.15, 0.2) is 6.61 Å². The number of benzene rings is 2. The number of ether oxygens (including phenoxy) is 1. The average molecular weight is 409 g/mol. The summed E-state index contributed by atoms with van der Waals surface area (Å²) in [6, 6.07) is 11.8. The van der Waals surface area contributed by atoms with Crippen LogP contribution in [0.15, 0.2) is 42.5 Å². The zero-order chi connectivity index (χ0) is 20.2. The Balaban J connectivity index is 1.93. The van der Waals surface area contributed by atoms with Crippen LogP contribution in [-0.2, 0) is 9.59 Å². The fourth-order valence-electron chi connectivity index (χ4n) is 2.31. The summed E-state index contributed by atoms with van der Waals surface area (Å²) in [6.45, 7) is 5.44. The SMILES string of the molecule is CN(C(=O)C(C)(C)C)c1ccc(OCC(=O)Nc2ccc(Cl)cc2Cl)cc1. The van der Waals surface area contributed by atoms with E-state index in [-0.39, 0.29) is 18.4 Å². The third kappa shape index (κ3) is 5.88. The largest absolute Gasteiger partial charge is 0.484 e. The molecule has 7 heteroatoms. The molecule has 0 bridgehead atoms. The normalized spacial score (nSPS) is 11.0. The maximum absolute atomic E-state index is 12.3. The van der Waals surface area contributed by atoms with Crippen molar-refractivity contribution in [1.29, 1.82) is 0 Å². The number of hydrogen-bond acceptors (Lipinski definition) is 3. The standard InChI is InChI=1S/C20H22Cl2N2O3/c1-20(2,3)19(26)24(4)14-6-8-15(9-7-14)27-12-18(25)23-17-10-5-13(21)11-16(17)22/h5-11H,12H2,1-4H3,(H,23,25). The molecule has 0 unspecified atom stereocenters. The van der Waals surface area contributed by atoms with Gasteiger partial charge in [0.1, 0.15) is 5.75 Å². The van der Waals surface area contributed by atoms with Gasteiger partial charge in [-0.3, -0.25) is 9.59 Å². The zero-order valence-corrected chi connectivity index (χ0v) is 17.2. The van der Waals surface area contributed by atoms with Crippen LogP contribution in [0.4, 0.5) is 11.4 Å². The lowest BCUT2D eigenvalue weighted by atomic mass is 9.95. The van der Waals surface area contributed by atoms with Gasteiger partial charge in [-0.25, -0.2) is 0 Å². The molecular formula is C20H22Cl2N2O3. The van der Waals surface area contributed by atoms with Crippen molar-refractivity contribution in [3.8, 4) is 5.75 Å². The first-order valence-corrected chi connectivity index (χ1v) is 9.09. The molecule has 5 nitrogen and oxygen atoms in total. The van der Waals surface area contributed by atoms with E-state index >= 15 is 0 Å². The van der Waals surface area contributed by atoms with Crippen molar-refractivity contribution in [2.75, 3.05) is 23.9 Å². The Morgan fingerprint density at radius 2 is 1.70 bits per heavy atom. The van der Waals surface area contributed by atoms with E-state index in [0.29, 0.717) is 21.5 Å². The molecular weight excluding hydrogens is 387 g/mol. The Kier molecular flexibility index (Phi) is 6.73. The molecule has 0 aliphatic carbocycles. The highest BCUT2D eigenvalue weighted by Gasteiger charge is 2.25. The number of carbonyl (C=O) groups is 2. The monoisotopic (exact) mass is 408 g/mol. The third-order valence-electron chi connectivity index (χ3n) is 3.75. The fourth-order valence-corrected chi connectivity index (χ4v) is 2.77. The summed E-state index contributed by atoms with van der Waals surface area (Å²) < 4.78 is 5.48. The summed E-state index contributed by atoms with van der Waals surface area (Å²) >= 11 is 11.9. The summed E-state index contributed by atoms with van der Waals surface area (Å²) in [5.74, 6) is 0.187. The fraction of sp³-hybridized carbons (Fsp3) is 0.300. The number of anilines is 2. The minimum atomic E-state index is -0.467. The van der Waals surface area contributed by atoms with Crippen molar-refractivity contribution < 1.29 is 14.3 Å². The van der Waals surface area contributed by atoms with E-state index in [2.05, 4.69) is 5.32 Å². The Bertz CT molecular complexity index is 830. The second-order valence-electron chi connectivity index (χ2n) is 7.07. The van der Waals surface area contributed by atoms with Gasteiger partial charge in [-0.1, -0.05) is 44.0 Å². The lowest BCUT2D eigenvalue weighted by Gasteiger charge is -2.26. The molecule has 2 amide bonds. The van der Waals surface area contributed by atoms with Crippen molar-refractivity contribution >= 4 is 46.4 Å². The van der Waals surface area contributed by atoms with Crippen LogP contribution in [0.1, 0.15) is 20.8 Å². The molecule has 2 aromatic carbocycles. The highest BCUT2D eigenvalue weighted by atomic mass is 35.5. The molecule has 0 radical (unpaired) electrons. The van der Waals surface area contributed by atoms with Gasteiger partial charge in [0.05, 0.1) is 10.7 Å². The van der Waals surface area contributed by atoms with Gasteiger partial charge >= 0.3 is 0 Å². The summed E-state index contributed by atoms with van der Waals surface area (Å²) in [7, 11) is 1.73. The van der Waals surface area contributed by atoms with Gasteiger partial charge in [-0.15, -0.1) is 0 Å². The molecule has 27 heavy (non-hydrogen) atoms. The second-order valence-corrected chi connectivity index (χ2v) is 7.91. The quantitative estimate of drug-likeness (QED) is 0.755. The summed E-state index contributed by atoms with van der Waals surface area (Å²) in [4.78, 5) is 25.9. The number of rotatable bonds is 5. The number of nitrogens with zero attached hydrogens (tertiary/aromatic N) is 1. The van der Waals surface area contributed by atoms with E-state index in [4.69, 9.17) is 27.9 Å². The van der Waals surface area contributed by atoms with Crippen LogP contribution in [0.25, 0.3) is 0 Å². The van der Waals surface area contributed by atoms with Crippen LogP contribution < -0.4 is 15.0 Å². The van der Waals surface area contributed by atoms with Crippen LogP contribution in [0.2, 0.25) is 10.0 Å². The van der Waals surface area contributed by atoms with Gasteiger partial charge < -0.3 is 15.0 Å². The van der Waals surface area contributed by atoms with Crippen LogP contribution in [0.5, 0.6) is 5.75 Å².